The molecule has 2 amide bonds. The van der Waals surface area contributed by atoms with E-state index in [-0.39, 0.29) is 18.3 Å². The second kappa shape index (κ2) is 10.5. The lowest BCUT2D eigenvalue weighted by atomic mass is 10.1. The molecule has 1 unspecified atom stereocenters. The van der Waals surface area contributed by atoms with Gasteiger partial charge in [-0.05, 0) is 38.5 Å². The van der Waals surface area contributed by atoms with E-state index < -0.39 is 46.1 Å². The summed E-state index contributed by atoms with van der Waals surface area (Å²) >= 11 is 0. The molecule has 0 aromatic heterocycles. The van der Waals surface area contributed by atoms with E-state index in [1.54, 1.807) is 51.1 Å². The zero-order chi connectivity index (χ0) is 24.1. The number of anilines is 1. The van der Waals surface area contributed by atoms with Crippen LogP contribution in [0.4, 0.5) is 14.5 Å². The molecule has 0 saturated carbocycles. The molecule has 0 heterocycles. The van der Waals surface area contributed by atoms with E-state index in [1.807, 2.05) is 0 Å². The summed E-state index contributed by atoms with van der Waals surface area (Å²) in [6, 6.07) is 10.4. The highest BCUT2D eigenvalue weighted by Gasteiger charge is 2.30. The number of carbonyl (C=O) groups excluding carboxylic acids is 2. The number of rotatable bonds is 9. The van der Waals surface area contributed by atoms with Gasteiger partial charge in [0.2, 0.25) is 21.8 Å². The SMILES string of the molecule is CC(C)NC(=O)C(C)N(Cc1ccccc1)C(=O)CN(c1ccc(F)c(F)c1)S(C)(=O)=O. The van der Waals surface area contributed by atoms with E-state index >= 15 is 0 Å². The molecule has 2 aromatic carbocycles. The van der Waals surface area contributed by atoms with Crippen molar-refractivity contribution >= 4 is 27.5 Å². The van der Waals surface area contributed by atoms with Crippen LogP contribution in [0.5, 0.6) is 0 Å². The molecule has 2 rings (SSSR count). The van der Waals surface area contributed by atoms with Crippen LogP contribution < -0.4 is 9.62 Å². The van der Waals surface area contributed by atoms with Gasteiger partial charge in [-0.3, -0.25) is 13.9 Å². The molecule has 0 aliphatic heterocycles. The zero-order valence-electron chi connectivity index (χ0n) is 18.4. The van der Waals surface area contributed by atoms with E-state index in [1.165, 1.54) is 4.90 Å². The lowest BCUT2D eigenvalue weighted by Gasteiger charge is -2.31. The van der Waals surface area contributed by atoms with Crippen LogP contribution in [0.15, 0.2) is 48.5 Å². The molecule has 0 saturated heterocycles. The molecule has 0 fully saturated rings. The fraction of sp³-hybridized carbons (Fsp3) is 0.364. The molecule has 32 heavy (non-hydrogen) atoms. The van der Waals surface area contributed by atoms with Crippen molar-refractivity contribution < 1.29 is 26.8 Å². The third-order valence-electron chi connectivity index (χ3n) is 4.66. The number of nitrogens with zero attached hydrogens (tertiary/aromatic N) is 2. The van der Waals surface area contributed by atoms with Crippen molar-refractivity contribution in [2.24, 2.45) is 0 Å². The first-order chi connectivity index (χ1) is 14.9. The van der Waals surface area contributed by atoms with Gasteiger partial charge in [-0.2, -0.15) is 0 Å². The molecule has 0 aliphatic carbocycles. The van der Waals surface area contributed by atoms with Crippen molar-refractivity contribution in [3.63, 3.8) is 0 Å². The van der Waals surface area contributed by atoms with E-state index in [2.05, 4.69) is 5.32 Å². The number of halogens is 2. The highest BCUT2D eigenvalue weighted by molar-refractivity contribution is 7.92. The largest absolute Gasteiger partial charge is 0.352 e. The van der Waals surface area contributed by atoms with Gasteiger partial charge in [0.05, 0.1) is 11.9 Å². The smallest absolute Gasteiger partial charge is 0.244 e. The van der Waals surface area contributed by atoms with Gasteiger partial charge in [-0.1, -0.05) is 30.3 Å². The standard InChI is InChI=1S/C22H27F2N3O4S/c1-15(2)25-22(29)16(3)26(13-17-8-6-5-7-9-17)21(28)14-27(32(4,30)31)18-10-11-19(23)20(24)12-18/h5-12,15-16H,13-14H2,1-4H3,(H,25,29). The molecule has 0 radical (unpaired) electrons. The minimum atomic E-state index is -4.02. The molecule has 1 atom stereocenters. The zero-order valence-corrected chi connectivity index (χ0v) is 19.2. The first-order valence-corrected chi connectivity index (χ1v) is 11.8. The maximum atomic E-state index is 13.7. The van der Waals surface area contributed by atoms with Crippen molar-refractivity contribution in [2.45, 2.75) is 39.4 Å². The van der Waals surface area contributed by atoms with Crippen LogP contribution in [-0.4, -0.2) is 50.0 Å². The Labute approximate surface area is 187 Å². The van der Waals surface area contributed by atoms with Crippen molar-refractivity contribution in [3.8, 4) is 0 Å². The summed E-state index contributed by atoms with van der Waals surface area (Å²) < 4.78 is 52.4. The number of nitrogens with one attached hydrogen (secondary N) is 1. The second-order valence-electron chi connectivity index (χ2n) is 7.71. The third kappa shape index (κ3) is 6.74. The Morgan fingerprint density at radius 3 is 2.16 bits per heavy atom. The van der Waals surface area contributed by atoms with Gasteiger partial charge in [0.25, 0.3) is 0 Å². The van der Waals surface area contributed by atoms with Gasteiger partial charge in [0.1, 0.15) is 12.6 Å². The fourth-order valence-corrected chi connectivity index (χ4v) is 3.86. The average molecular weight is 468 g/mol. The predicted octanol–water partition coefficient (Wildman–Crippen LogP) is 2.67. The lowest BCUT2D eigenvalue weighted by Crippen LogP contribution is -2.52. The number of amides is 2. The highest BCUT2D eigenvalue weighted by Crippen LogP contribution is 2.21. The summed E-state index contributed by atoms with van der Waals surface area (Å²) in [4.78, 5) is 27.1. The van der Waals surface area contributed by atoms with Crippen LogP contribution in [0.1, 0.15) is 26.3 Å². The number of benzene rings is 2. The van der Waals surface area contributed by atoms with Crippen LogP contribution in [0.3, 0.4) is 0 Å². The van der Waals surface area contributed by atoms with Gasteiger partial charge in [-0.25, -0.2) is 17.2 Å². The van der Waals surface area contributed by atoms with Gasteiger partial charge >= 0.3 is 0 Å². The Hall–Kier alpha value is -3.01. The summed E-state index contributed by atoms with van der Waals surface area (Å²) in [5, 5.41) is 2.74. The Kier molecular flexibility index (Phi) is 8.31. The Morgan fingerprint density at radius 2 is 1.62 bits per heavy atom. The van der Waals surface area contributed by atoms with E-state index in [0.29, 0.717) is 10.4 Å². The Morgan fingerprint density at radius 1 is 1.00 bits per heavy atom. The van der Waals surface area contributed by atoms with Gasteiger partial charge in [-0.15, -0.1) is 0 Å². The van der Waals surface area contributed by atoms with Crippen molar-refractivity contribution in [1.82, 2.24) is 10.2 Å². The van der Waals surface area contributed by atoms with Crippen LogP contribution in [-0.2, 0) is 26.2 Å². The molecule has 10 heteroatoms. The number of sulfonamides is 1. The van der Waals surface area contributed by atoms with Gasteiger partial charge in [0.15, 0.2) is 11.6 Å². The lowest BCUT2D eigenvalue weighted by molar-refractivity contribution is -0.139. The number of hydrogen-bond acceptors (Lipinski definition) is 4. The predicted molar refractivity (Wildman–Crippen MR) is 118 cm³/mol. The minimum absolute atomic E-state index is 0.0573. The first kappa shape index (κ1) is 25.3. The normalized spacial score (nSPS) is 12.3. The first-order valence-electron chi connectivity index (χ1n) is 9.96. The molecule has 174 valence electrons. The Balaban J connectivity index is 2.38. The topological polar surface area (TPSA) is 86.8 Å². The van der Waals surface area contributed by atoms with Crippen LogP contribution in [0.25, 0.3) is 0 Å². The molecular formula is C22H27F2N3O4S. The fourth-order valence-electron chi connectivity index (χ4n) is 3.02. The van der Waals surface area contributed by atoms with E-state index in [0.717, 1.165) is 24.0 Å². The number of carbonyl (C=O) groups is 2. The second-order valence-corrected chi connectivity index (χ2v) is 9.62. The monoisotopic (exact) mass is 467 g/mol. The van der Waals surface area contributed by atoms with Gasteiger partial charge < -0.3 is 10.2 Å². The summed E-state index contributed by atoms with van der Waals surface area (Å²) in [5.41, 5.74) is 0.544. The van der Waals surface area contributed by atoms with Crippen LogP contribution >= 0.6 is 0 Å². The quantitative estimate of drug-likeness (QED) is 0.614. The van der Waals surface area contributed by atoms with E-state index in [4.69, 9.17) is 0 Å². The molecule has 0 spiro atoms. The highest BCUT2D eigenvalue weighted by atomic mass is 32.2. The summed E-state index contributed by atoms with van der Waals surface area (Å²) in [6.07, 6.45) is 0.859. The van der Waals surface area contributed by atoms with Crippen molar-refractivity contribution in [1.29, 1.82) is 0 Å². The summed E-state index contributed by atoms with van der Waals surface area (Å²) in [7, 11) is -4.02. The Bertz CT molecular complexity index is 1060. The van der Waals surface area contributed by atoms with Crippen LogP contribution in [0.2, 0.25) is 0 Å². The van der Waals surface area contributed by atoms with E-state index in [9.17, 15) is 26.8 Å². The average Bonchev–Trinajstić information content (AvgIpc) is 2.71. The molecular weight excluding hydrogens is 440 g/mol. The minimum Gasteiger partial charge on any atom is -0.352 e. The van der Waals surface area contributed by atoms with Gasteiger partial charge in [0, 0.05) is 18.7 Å². The summed E-state index contributed by atoms with van der Waals surface area (Å²) in [6.45, 7) is 4.48. The van der Waals surface area contributed by atoms with Crippen molar-refractivity contribution in [3.05, 3.63) is 65.7 Å². The maximum Gasteiger partial charge on any atom is 0.244 e. The molecule has 7 nitrogen and oxygen atoms in total. The molecule has 0 aliphatic rings. The van der Waals surface area contributed by atoms with Crippen molar-refractivity contribution in [2.75, 3.05) is 17.1 Å². The molecule has 2 aromatic rings. The molecule has 1 N–H and O–H groups in total. The summed E-state index contributed by atoms with van der Waals surface area (Å²) in [5.74, 6) is -3.45. The number of hydrogen-bond donors (Lipinski definition) is 1. The van der Waals surface area contributed by atoms with Crippen LogP contribution in [0, 0.1) is 11.6 Å². The third-order valence-corrected chi connectivity index (χ3v) is 5.80. The molecule has 0 bridgehead atoms. The maximum absolute atomic E-state index is 13.7.